The third-order valence-corrected chi connectivity index (χ3v) is 4.85. The van der Waals surface area contributed by atoms with E-state index in [4.69, 9.17) is 0 Å². The van der Waals surface area contributed by atoms with E-state index in [1.54, 1.807) is 23.9 Å². The Hall–Kier alpha value is -2.80. The summed E-state index contributed by atoms with van der Waals surface area (Å²) in [5.74, 6) is 0.695. The number of hydrogen-bond donors (Lipinski definition) is 1. The Kier molecular flexibility index (Phi) is 3.93. The molecular weight excluding hydrogens is 318 g/mol. The Morgan fingerprint density at radius 3 is 2.96 bits per heavy atom. The summed E-state index contributed by atoms with van der Waals surface area (Å²) >= 11 is 0. The standard InChI is InChI=1S/C18H19N5O2/c1-22-12(8-9-19-18(22)25)11-23-10-4-7-15(23)16-20-14-6-3-2-5-13(14)17(24)21-16/h2-3,5-6,8-9,15H,4,7,10-11H2,1H3,(H,20,21,24). The highest BCUT2D eigenvalue weighted by Gasteiger charge is 2.28. The van der Waals surface area contributed by atoms with Crippen molar-refractivity contribution in [3.63, 3.8) is 0 Å². The molecular formula is C18H19N5O2. The molecule has 0 radical (unpaired) electrons. The highest BCUT2D eigenvalue weighted by molar-refractivity contribution is 5.77. The van der Waals surface area contributed by atoms with Gasteiger partial charge in [0.15, 0.2) is 0 Å². The van der Waals surface area contributed by atoms with E-state index >= 15 is 0 Å². The van der Waals surface area contributed by atoms with E-state index in [2.05, 4.69) is 19.9 Å². The van der Waals surface area contributed by atoms with Crippen LogP contribution in [-0.2, 0) is 13.6 Å². The van der Waals surface area contributed by atoms with Crippen LogP contribution in [0.3, 0.4) is 0 Å². The maximum absolute atomic E-state index is 12.4. The van der Waals surface area contributed by atoms with Gasteiger partial charge in [-0.15, -0.1) is 0 Å². The van der Waals surface area contributed by atoms with Crippen LogP contribution in [0.5, 0.6) is 0 Å². The molecule has 7 nitrogen and oxygen atoms in total. The number of rotatable bonds is 3. The number of nitrogens with one attached hydrogen (secondary N) is 1. The van der Waals surface area contributed by atoms with Gasteiger partial charge >= 0.3 is 5.69 Å². The molecule has 1 aromatic carbocycles. The summed E-state index contributed by atoms with van der Waals surface area (Å²) in [5.41, 5.74) is 1.24. The van der Waals surface area contributed by atoms with Gasteiger partial charge < -0.3 is 4.98 Å². The third kappa shape index (κ3) is 2.87. The van der Waals surface area contributed by atoms with Gasteiger partial charge in [-0.25, -0.2) is 14.8 Å². The average Bonchev–Trinajstić information content (AvgIpc) is 3.07. The van der Waals surface area contributed by atoms with Gasteiger partial charge in [-0.05, 0) is 37.6 Å². The van der Waals surface area contributed by atoms with E-state index in [0.29, 0.717) is 23.3 Å². The molecule has 0 amide bonds. The number of aromatic nitrogens is 4. The first-order valence-electron chi connectivity index (χ1n) is 8.37. The van der Waals surface area contributed by atoms with Crippen molar-refractivity contribution in [2.45, 2.75) is 25.4 Å². The van der Waals surface area contributed by atoms with Crippen LogP contribution >= 0.6 is 0 Å². The molecule has 1 fully saturated rings. The fourth-order valence-electron chi connectivity index (χ4n) is 3.46. The molecule has 0 bridgehead atoms. The monoisotopic (exact) mass is 337 g/mol. The van der Waals surface area contributed by atoms with Crippen LogP contribution in [0.2, 0.25) is 0 Å². The zero-order valence-electron chi connectivity index (χ0n) is 14.0. The number of H-pyrrole nitrogens is 1. The van der Waals surface area contributed by atoms with Crippen molar-refractivity contribution >= 4 is 10.9 Å². The van der Waals surface area contributed by atoms with Gasteiger partial charge in [0.25, 0.3) is 5.56 Å². The molecule has 2 aromatic heterocycles. The molecule has 1 aliphatic heterocycles. The molecule has 1 atom stereocenters. The Morgan fingerprint density at radius 2 is 2.08 bits per heavy atom. The van der Waals surface area contributed by atoms with E-state index in [1.807, 2.05) is 24.3 Å². The Labute approximate surface area is 144 Å². The number of benzene rings is 1. The van der Waals surface area contributed by atoms with E-state index in [-0.39, 0.29) is 17.3 Å². The molecule has 1 saturated heterocycles. The predicted octanol–water partition coefficient (Wildman–Crippen LogP) is 1.35. The maximum Gasteiger partial charge on any atom is 0.347 e. The largest absolute Gasteiger partial charge is 0.347 e. The van der Waals surface area contributed by atoms with E-state index < -0.39 is 0 Å². The summed E-state index contributed by atoms with van der Waals surface area (Å²) in [6.07, 6.45) is 3.50. The second-order valence-corrected chi connectivity index (χ2v) is 6.37. The number of para-hydroxylation sites is 1. The van der Waals surface area contributed by atoms with E-state index in [0.717, 1.165) is 25.1 Å². The molecule has 4 rings (SSSR count). The van der Waals surface area contributed by atoms with Gasteiger partial charge in [0.2, 0.25) is 0 Å². The summed E-state index contributed by atoms with van der Waals surface area (Å²) in [6, 6.07) is 9.26. The second kappa shape index (κ2) is 6.25. The quantitative estimate of drug-likeness (QED) is 0.780. The SMILES string of the molecule is Cn1c(CN2CCCC2c2nc3ccccc3c(=O)[nH]2)ccnc1=O. The molecule has 7 heteroatoms. The van der Waals surface area contributed by atoms with Crippen LogP contribution in [0.1, 0.15) is 30.4 Å². The first-order chi connectivity index (χ1) is 12.1. The van der Waals surface area contributed by atoms with Gasteiger partial charge in [0.05, 0.1) is 16.9 Å². The summed E-state index contributed by atoms with van der Waals surface area (Å²) in [5, 5.41) is 0.604. The minimum atomic E-state index is -0.259. The van der Waals surface area contributed by atoms with Gasteiger partial charge in [-0.2, -0.15) is 0 Å². The van der Waals surface area contributed by atoms with Crippen molar-refractivity contribution in [1.82, 2.24) is 24.4 Å². The molecule has 3 aromatic rings. The average molecular weight is 337 g/mol. The van der Waals surface area contributed by atoms with Gasteiger partial charge in [0, 0.05) is 25.5 Å². The zero-order valence-corrected chi connectivity index (χ0v) is 14.0. The molecule has 128 valence electrons. The van der Waals surface area contributed by atoms with Crippen LogP contribution in [0.15, 0.2) is 46.1 Å². The van der Waals surface area contributed by atoms with Crippen molar-refractivity contribution in [2.24, 2.45) is 7.05 Å². The fourth-order valence-corrected chi connectivity index (χ4v) is 3.46. The highest BCUT2D eigenvalue weighted by atomic mass is 16.1. The van der Waals surface area contributed by atoms with Gasteiger partial charge in [-0.1, -0.05) is 12.1 Å². The Balaban J connectivity index is 1.69. The lowest BCUT2D eigenvalue weighted by atomic mass is 10.2. The first kappa shape index (κ1) is 15.7. The molecule has 1 unspecified atom stereocenters. The molecule has 0 aliphatic carbocycles. The topological polar surface area (TPSA) is 83.9 Å². The van der Waals surface area contributed by atoms with Gasteiger partial charge in [0.1, 0.15) is 5.82 Å². The molecule has 0 spiro atoms. The zero-order chi connectivity index (χ0) is 17.4. The highest BCUT2D eigenvalue weighted by Crippen LogP contribution is 2.31. The molecule has 1 aliphatic rings. The molecule has 0 saturated carbocycles. The summed E-state index contributed by atoms with van der Waals surface area (Å²) in [4.78, 5) is 37.7. The lowest BCUT2D eigenvalue weighted by Gasteiger charge is -2.24. The van der Waals surface area contributed by atoms with Crippen molar-refractivity contribution in [3.05, 3.63) is 68.9 Å². The predicted molar refractivity (Wildman–Crippen MR) is 94.2 cm³/mol. The summed E-state index contributed by atoms with van der Waals surface area (Å²) in [6.45, 7) is 1.52. The number of hydrogen-bond acceptors (Lipinski definition) is 5. The summed E-state index contributed by atoms with van der Waals surface area (Å²) < 4.78 is 1.56. The maximum atomic E-state index is 12.4. The third-order valence-electron chi connectivity index (χ3n) is 4.85. The number of fused-ring (bicyclic) bond motifs is 1. The van der Waals surface area contributed by atoms with Crippen LogP contribution in [0, 0.1) is 0 Å². The van der Waals surface area contributed by atoms with Crippen LogP contribution in [0.4, 0.5) is 0 Å². The normalized spacial score (nSPS) is 18.0. The number of aromatic amines is 1. The van der Waals surface area contributed by atoms with Crippen molar-refractivity contribution in [1.29, 1.82) is 0 Å². The lowest BCUT2D eigenvalue weighted by Crippen LogP contribution is -2.30. The second-order valence-electron chi connectivity index (χ2n) is 6.37. The number of likely N-dealkylation sites (tertiary alicyclic amines) is 1. The van der Waals surface area contributed by atoms with E-state index in [9.17, 15) is 9.59 Å². The van der Waals surface area contributed by atoms with Crippen molar-refractivity contribution in [2.75, 3.05) is 6.54 Å². The summed E-state index contributed by atoms with van der Waals surface area (Å²) in [7, 11) is 1.73. The van der Waals surface area contributed by atoms with Crippen LogP contribution < -0.4 is 11.2 Å². The van der Waals surface area contributed by atoms with E-state index in [1.165, 1.54) is 0 Å². The lowest BCUT2D eigenvalue weighted by molar-refractivity contribution is 0.233. The fraction of sp³-hybridized carbons (Fsp3) is 0.333. The molecule has 3 heterocycles. The first-order valence-corrected chi connectivity index (χ1v) is 8.37. The van der Waals surface area contributed by atoms with Gasteiger partial charge in [-0.3, -0.25) is 14.3 Å². The Bertz CT molecular complexity index is 1040. The Morgan fingerprint density at radius 1 is 1.24 bits per heavy atom. The molecule has 1 N–H and O–H groups in total. The molecule has 25 heavy (non-hydrogen) atoms. The smallest absolute Gasteiger partial charge is 0.309 e. The minimum absolute atomic E-state index is 0.0422. The minimum Gasteiger partial charge on any atom is -0.309 e. The number of nitrogens with zero attached hydrogens (tertiary/aromatic N) is 4. The van der Waals surface area contributed by atoms with Crippen molar-refractivity contribution < 1.29 is 0 Å². The van der Waals surface area contributed by atoms with Crippen LogP contribution in [-0.4, -0.2) is 31.0 Å². The van der Waals surface area contributed by atoms with Crippen LogP contribution in [0.25, 0.3) is 10.9 Å². The van der Waals surface area contributed by atoms with Crippen molar-refractivity contribution in [3.8, 4) is 0 Å².